The van der Waals surface area contributed by atoms with E-state index < -0.39 is 5.60 Å². The molecule has 3 rings (SSSR count). The molecule has 1 aromatic carbocycles. The van der Waals surface area contributed by atoms with Gasteiger partial charge < -0.3 is 14.2 Å². The molecule has 140 valence electrons. The van der Waals surface area contributed by atoms with Crippen molar-refractivity contribution in [2.45, 2.75) is 52.6 Å². The summed E-state index contributed by atoms with van der Waals surface area (Å²) in [5.41, 5.74) is 1.71. The number of rotatable bonds is 3. The minimum Gasteiger partial charge on any atom is -0.444 e. The smallest absolute Gasteiger partial charge is 0.410 e. The highest BCUT2D eigenvalue weighted by molar-refractivity contribution is 5.68. The number of aromatic nitrogens is 2. The average molecular weight is 357 g/mol. The van der Waals surface area contributed by atoms with Gasteiger partial charge in [0, 0.05) is 25.1 Å². The van der Waals surface area contributed by atoms with Crippen molar-refractivity contribution in [2.24, 2.45) is 5.92 Å². The number of carbonyl (C=O) groups is 1. The monoisotopic (exact) mass is 357 g/mol. The molecule has 2 heterocycles. The van der Waals surface area contributed by atoms with Crippen molar-refractivity contribution < 1.29 is 14.1 Å². The summed E-state index contributed by atoms with van der Waals surface area (Å²) in [5.74, 6) is 1.74. The van der Waals surface area contributed by atoms with Crippen LogP contribution in [0.4, 0.5) is 4.79 Å². The molecule has 6 nitrogen and oxygen atoms in total. The third kappa shape index (κ3) is 4.84. The normalized spacial score (nSPS) is 15.9. The van der Waals surface area contributed by atoms with Gasteiger partial charge in [-0.2, -0.15) is 4.98 Å². The van der Waals surface area contributed by atoms with Crippen LogP contribution in [0, 0.1) is 12.8 Å². The highest BCUT2D eigenvalue weighted by Crippen LogP contribution is 2.24. The third-order valence-electron chi connectivity index (χ3n) is 4.51. The van der Waals surface area contributed by atoms with E-state index in [0.29, 0.717) is 30.7 Å². The zero-order valence-electron chi connectivity index (χ0n) is 16.0. The molecule has 0 aliphatic carbocycles. The minimum atomic E-state index is -0.454. The van der Waals surface area contributed by atoms with E-state index in [9.17, 15) is 4.79 Å². The van der Waals surface area contributed by atoms with Crippen LogP contribution in [-0.4, -0.2) is 39.8 Å². The summed E-state index contributed by atoms with van der Waals surface area (Å²) in [7, 11) is 0. The van der Waals surface area contributed by atoms with Crippen LogP contribution in [0.15, 0.2) is 28.8 Å². The molecule has 1 amide bonds. The fraction of sp³-hybridized carbons (Fsp3) is 0.550. The molecule has 0 spiro atoms. The highest BCUT2D eigenvalue weighted by atomic mass is 16.6. The van der Waals surface area contributed by atoms with Crippen molar-refractivity contribution in [3.8, 4) is 11.4 Å². The van der Waals surface area contributed by atoms with Crippen LogP contribution in [0.3, 0.4) is 0 Å². The quantitative estimate of drug-likeness (QED) is 0.822. The molecule has 1 aliphatic heterocycles. The average Bonchev–Trinajstić information content (AvgIpc) is 3.03. The van der Waals surface area contributed by atoms with Gasteiger partial charge in [-0.05, 0) is 46.5 Å². The van der Waals surface area contributed by atoms with Gasteiger partial charge in [-0.3, -0.25) is 0 Å². The SMILES string of the molecule is Cc1ccc(-c2noc(CC3CCN(C(=O)OC(C)(C)C)CC3)n2)cc1. The van der Waals surface area contributed by atoms with Gasteiger partial charge in [0.2, 0.25) is 11.7 Å². The number of piperidine rings is 1. The lowest BCUT2D eigenvalue weighted by Gasteiger charge is -2.33. The molecule has 0 saturated carbocycles. The standard InChI is InChI=1S/C20H27N3O3/c1-14-5-7-16(8-6-14)18-21-17(26-22-18)13-15-9-11-23(12-10-15)19(24)25-20(2,3)4/h5-8,15H,9-13H2,1-4H3. The van der Waals surface area contributed by atoms with Crippen LogP contribution in [0.2, 0.25) is 0 Å². The van der Waals surface area contributed by atoms with Gasteiger partial charge in [0.25, 0.3) is 0 Å². The topological polar surface area (TPSA) is 68.5 Å². The molecule has 0 radical (unpaired) electrons. The summed E-state index contributed by atoms with van der Waals surface area (Å²) in [6.45, 7) is 9.13. The van der Waals surface area contributed by atoms with E-state index in [1.54, 1.807) is 4.90 Å². The predicted molar refractivity (Wildman–Crippen MR) is 98.7 cm³/mol. The largest absolute Gasteiger partial charge is 0.444 e. The Balaban J connectivity index is 1.52. The molecule has 26 heavy (non-hydrogen) atoms. The van der Waals surface area contributed by atoms with Crippen molar-refractivity contribution in [3.63, 3.8) is 0 Å². The number of ether oxygens (including phenoxy) is 1. The first-order valence-electron chi connectivity index (χ1n) is 9.18. The molecule has 1 fully saturated rings. The molecular formula is C20H27N3O3. The maximum Gasteiger partial charge on any atom is 0.410 e. The lowest BCUT2D eigenvalue weighted by molar-refractivity contribution is 0.0182. The lowest BCUT2D eigenvalue weighted by Crippen LogP contribution is -2.42. The van der Waals surface area contributed by atoms with Gasteiger partial charge >= 0.3 is 6.09 Å². The van der Waals surface area contributed by atoms with E-state index in [-0.39, 0.29) is 6.09 Å². The molecule has 1 aliphatic rings. The molecule has 0 bridgehead atoms. The Kier molecular flexibility index (Phi) is 5.30. The third-order valence-corrected chi connectivity index (χ3v) is 4.51. The zero-order chi connectivity index (χ0) is 18.7. The van der Waals surface area contributed by atoms with Crippen molar-refractivity contribution in [2.75, 3.05) is 13.1 Å². The Hall–Kier alpha value is -2.37. The molecular weight excluding hydrogens is 330 g/mol. The van der Waals surface area contributed by atoms with Crippen molar-refractivity contribution >= 4 is 6.09 Å². The molecule has 1 saturated heterocycles. The van der Waals surface area contributed by atoms with Crippen LogP contribution >= 0.6 is 0 Å². The first-order valence-corrected chi connectivity index (χ1v) is 9.18. The Morgan fingerprint density at radius 3 is 2.50 bits per heavy atom. The fourth-order valence-corrected chi connectivity index (χ4v) is 3.05. The molecule has 0 unspecified atom stereocenters. The van der Waals surface area contributed by atoms with Crippen LogP contribution < -0.4 is 0 Å². The number of likely N-dealkylation sites (tertiary alicyclic amines) is 1. The van der Waals surface area contributed by atoms with Gasteiger partial charge in [-0.25, -0.2) is 4.79 Å². The zero-order valence-corrected chi connectivity index (χ0v) is 16.0. The summed E-state index contributed by atoms with van der Waals surface area (Å²) in [5, 5.41) is 4.09. The van der Waals surface area contributed by atoms with Crippen molar-refractivity contribution in [3.05, 3.63) is 35.7 Å². The second-order valence-corrected chi connectivity index (χ2v) is 7.99. The first-order chi connectivity index (χ1) is 12.3. The van der Waals surface area contributed by atoms with E-state index in [2.05, 4.69) is 17.1 Å². The predicted octanol–water partition coefficient (Wildman–Crippen LogP) is 4.23. The Morgan fingerprint density at radius 2 is 1.88 bits per heavy atom. The van der Waals surface area contributed by atoms with Gasteiger partial charge in [0.15, 0.2) is 0 Å². The summed E-state index contributed by atoms with van der Waals surface area (Å²) in [4.78, 5) is 18.4. The van der Waals surface area contributed by atoms with E-state index >= 15 is 0 Å². The van der Waals surface area contributed by atoms with Crippen LogP contribution in [-0.2, 0) is 11.2 Å². The van der Waals surface area contributed by atoms with Crippen molar-refractivity contribution in [1.82, 2.24) is 15.0 Å². The van der Waals surface area contributed by atoms with Gasteiger partial charge in [-0.15, -0.1) is 0 Å². The van der Waals surface area contributed by atoms with Crippen molar-refractivity contribution in [1.29, 1.82) is 0 Å². The van der Waals surface area contributed by atoms with E-state index in [0.717, 1.165) is 24.8 Å². The Morgan fingerprint density at radius 1 is 1.23 bits per heavy atom. The summed E-state index contributed by atoms with van der Waals surface area (Å²) in [6.07, 6.45) is 2.36. The van der Waals surface area contributed by atoms with Crippen LogP contribution in [0.1, 0.15) is 45.1 Å². The maximum absolute atomic E-state index is 12.1. The Bertz CT molecular complexity index is 738. The summed E-state index contributed by atoms with van der Waals surface area (Å²) < 4.78 is 10.9. The van der Waals surface area contributed by atoms with Crippen LogP contribution in [0.5, 0.6) is 0 Å². The second-order valence-electron chi connectivity index (χ2n) is 7.99. The number of amides is 1. The van der Waals surface area contributed by atoms with E-state index in [1.807, 2.05) is 45.0 Å². The van der Waals surface area contributed by atoms with E-state index in [4.69, 9.17) is 9.26 Å². The first kappa shape index (κ1) is 18.4. The second kappa shape index (κ2) is 7.48. The number of benzene rings is 1. The number of hydrogen-bond acceptors (Lipinski definition) is 5. The number of nitrogens with zero attached hydrogens (tertiary/aromatic N) is 3. The van der Waals surface area contributed by atoms with E-state index in [1.165, 1.54) is 5.56 Å². The van der Waals surface area contributed by atoms with Gasteiger partial charge in [0.1, 0.15) is 5.60 Å². The number of aryl methyl sites for hydroxylation is 1. The summed E-state index contributed by atoms with van der Waals surface area (Å²) >= 11 is 0. The minimum absolute atomic E-state index is 0.226. The Labute approximate surface area is 154 Å². The van der Waals surface area contributed by atoms with Crippen LogP contribution in [0.25, 0.3) is 11.4 Å². The van der Waals surface area contributed by atoms with Gasteiger partial charge in [-0.1, -0.05) is 35.0 Å². The number of hydrogen-bond donors (Lipinski definition) is 0. The number of carbonyl (C=O) groups excluding carboxylic acids is 1. The fourth-order valence-electron chi connectivity index (χ4n) is 3.05. The lowest BCUT2D eigenvalue weighted by atomic mass is 9.94. The molecule has 0 N–H and O–H groups in total. The maximum atomic E-state index is 12.1. The molecule has 0 atom stereocenters. The van der Waals surface area contributed by atoms with Gasteiger partial charge in [0.05, 0.1) is 0 Å². The molecule has 1 aromatic heterocycles. The molecule has 6 heteroatoms. The molecule has 2 aromatic rings. The highest BCUT2D eigenvalue weighted by Gasteiger charge is 2.27. The summed E-state index contributed by atoms with van der Waals surface area (Å²) in [6, 6.07) is 8.09.